The number of nitrogens with two attached hydrogens (primary N) is 1. The van der Waals surface area contributed by atoms with Crippen LogP contribution in [0.3, 0.4) is 0 Å². The minimum Gasteiger partial charge on any atom is -0.333 e. The lowest BCUT2D eigenvalue weighted by Crippen LogP contribution is -2.35. The molecule has 0 aliphatic carbocycles. The third-order valence-corrected chi connectivity index (χ3v) is 3.26. The highest BCUT2D eigenvalue weighted by molar-refractivity contribution is 4.95. The number of imidazole rings is 1. The van der Waals surface area contributed by atoms with Gasteiger partial charge in [0.05, 0.1) is 18.8 Å². The van der Waals surface area contributed by atoms with Crippen LogP contribution < -0.4 is 5.73 Å². The van der Waals surface area contributed by atoms with Gasteiger partial charge < -0.3 is 10.3 Å². The van der Waals surface area contributed by atoms with E-state index in [-0.39, 0.29) is 0 Å². The third-order valence-electron chi connectivity index (χ3n) is 3.26. The molecule has 0 bridgehead atoms. The second-order valence-electron chi connectivity index (χ2n) is 4.49. The van der Waals surface area contributed by atoms with E-state index in [1.54, 1.807) is 0 Å². The minimum absolute atomic E-state index is 0.446. The zero-order valence-electron chi connectivity index (χ0n) is 10.2. The van der Waals surface area contributed by atoms with Crippen molar-refractivity contribution in [2.24, 2.45) is 5.73 Å². The zero-order chi connectivity index (χ0) is 12.4. The Labute approximate surface area is 105 Å². The van der Waals surface area contributed by atoms with Gasteiger partial charge in [-0.15, -0.1) is 5.10 Å². The van der Waals surface area contributed by atoms with Crippen molar-refractivity contribution in [2.45, 2.75) is 26.2 Å². The molecule has 2 aromatic rings. The van der Waals surface area contributed by atoms with Gasteiger partial charge in [-0.05, 0) is 0 Å². The Morgan fingerprint density at radius 3 is 3.06 bits per heavy atom. The molecule has 0 atom stereocenters. The van der Waals surface area contributed by atoms with Gasteiger partial charge in [-0.3, -0.25) is 9.58 Å². The molecule has 0 unspecified atom stereocenters. The highest BCUT2D eigenvalue weighted by Crippen LogP contribution is 2.09. The first-order chi connectivity index (χ1) is 8.85. The van der Waals surface area contributed by atoms with Gasteiger partial charge in [0.1, 0.15) is 5.82 Å². The molecule has 0 saturated heterocycles. The van der Waals surface area contributed by atoms with Crippen molar-refractivity contribution in [3.8, 4) is 0 Å². The number of fused-ring (bicyclic) bond motifs is 1. The van der Waals surface area contributed by atoms with Gasteiger partial charge in [0.15, 0.2) is 0 Å². The largest absolute Gasteiger partial charge is 0.333 e. The zero-order valence-corrected chi connectivity index (χ0v) is 10.2. The van der Waals surface area contributed by atoms with Crippen molar-refractivity contribution in [1.82, 2.24) is 29.4 Å². The molecule has 2 aromatic heterocycles. The van der Waals surface area contributed by atoms with Crippen LogP contribution in [-0.2, 0) is 26.2 Å². The van der Waals surface area contributed by atoms with E-state index in [2.05, 4.69) is 24.8 Å². The number of aromatic nitrogens is 5. The second-order valence-corrected chi connectivity index (χ2v) is 4.49. The van der Waals surface area contributed by atoms with Crippen molar-refractivity contribution >= 4 is 0 Å². The molecular formula is C11H17N7. The number of hydrogen-bond donors (Lipinski definition) is 1. The van der Waals surface area contributed by atoms with Crippen LogP contribution in [0.1, 0.15) is 11.5 Å². The molecule has 7 heteroatoms. The van der Waals surface area contributed by atoms with Gasteiger partial charge in [0, 0.05) is 44.8 Å². The fraction of sp³-hybridized carbons (Fsp3) is 0.545. The maximum absolute atomic E-state index is 5.51. The number of rotatable bonds is 4. The summed E-state index contributed by atoms with van der Waals surface area (Å²) in [7, 11) is 0. The molecule has 18 heavy (non-hydrogen) atoms. The van der Waals surface area contributed by atoms with Gasteiger partial charge >= 0.3 is 0 Å². The van der Waals surface area contributed by atoms with Crippen LogP contribution in [0.2, 0.25) is 0 Å². The predicted molar refractivity (Wildman–Crippen MR) is 65.4 cm³/mol. The molecule has 0 saturated carbocycles. The van der Waals surface area contributed by atoms with E-state index in [1.165, 1.54) is 0 Å². The summed E-state index contributed by atoms with van der Waals surface area (Å²) in [5.74, 6) is 1.14. The molecule has 2 N–H and O–H groups in total. The van der Waals surface area contributed by atoms with Crippen molar-refractivity contribution in [3.63, 3.8) is 0 Å². The Kier molecular flexibility index (Phi) is 3.07. The summed E-state index contributed by atoms with van der Waals surface area (Å²) >= 11 is 0. The molecule has 0 spiro atoms. The first kappa shape index (κ1) is 11.4. The van der Waals surface area contributed by atoms with Crippen LogP contribution in [-0.4, -0.2) is 42.5 Å². The molecule has 3 heterocycles. The standard InChI is InChI=1S/C11H17N7/c12-7-10-8-18(15-14-10)6-4-16-3-5-17-2-1-13-11(17)9-16/h1-2,8H,3-7,9,12H2. The molecule has 1 aliphatic rings. The SMILES string of the molecule is NCc1cn(CCN2CCn3ccnc3C2)nn1. The highest BCUT2D eigenvalue weighted by Gasteiger charge is 2.16. The van der Waals surface area contributed by atoms with Crippen LogP contribution >= 0.6 is 0 Å². The molecule has 1 aliphatic heterocycles. The second kappa shape index (κ2) is 4.87. The summed E-state index contributed by atoms with van der Waals surface area (Å²) in [5, 5.41) is 8.02. The molecular weight excluding hydrogens is 230 g/mol. The Hall–Kier alpha value is -1.73. The number of nitrogens with zero attached hydrogens (tertiary/aromatic N) is 6. The maximum atomic E-state index is 5.51. The van der Waals surface area contributed by atoms with E-state index in [0.29, 0.717) is 6.54 Å². The lowest BCUT2D eigenvalue weighted by molar-refractivity contribution is 0.206. The Morgan fingerprint density at radius 1 is 1.28 bits per heavy atom. The molecule has 3 rings (SSSR count). The van der Waals surface area contributed by atoms with Crippen LogP contribution in [0.25, 0.3) is 0 Å². The summed E-state index contributed by atoms with van der Waals surface area (Å²) < 4.78 is 4.06. The number of hydrogen-bond acceptors (Lipinski definition) is 5. The fourth-order valence-electron chi connectivity index (χ4n) is 2.20. The van der Waals surface area contributed by atoms with E-state index < -0.39 is 0 Å². The quantitative estimate of drug-likeness (QED) is 0.784. The first-order valence-corrected chi connectivity index (χ1v) is 6.16. The van der Waals surface area contributed by atoms with E-state index >= 15 is 0 Å². The van der Waals surface area contributed by atoms with E-state index in [9.17, 15) is 0 Å². The van der Waals surface area contributed by atoms with Gasteiger partial charge in [-0.1, -0.05) is 5.21 Å². The van der Waals surface area contributed by atoms with Crippen molar-refractivity contribution in [3.05, 3.63) is 30.1 Å². The first-order valence-electron chi connectivity index (χ1n) is 6.16. The maximum Gasteiger partial charge on any atom is 0.122 e. The highest BCUT2D eigenvalue weighted by atomic mass is 15.4. The van der Waals surface area contributed by atoms with E-state index in [4.69, 9.17) is 5.73 Å². The lowest BCUT2D eigenvalue weighted by atomic mass is 10.3. The normalized spacial score (nSPS) is 15.8. The minimum atomic E-state index is 0.446. The molecule has 7 nitrogen and oxygen atoms in total. The predicted octanol–water partition coefficient (Wildman–Crippen LogP) is -0.551. The van der Waals surface area contributed by atoms with Crippen molar-refractivity contribution in [2.75, 3.05) is 13.1 Å². The Morgan fingerprint density at radius 2 is 2.22 bits per heavy atom. The smallest absolute Gasteiger partial charge is 0.122 e. The van der Waals surface area contributed by atoms with Crippen molar-refractivity contribution < 1.29 is 0 Å². The fourth-order valence-corrected chi connectivity index (χ4v) is 2.20. The van der Waals surface area contributed by atoms with Gasteiger partial charge in [-0.25, -0.2) is 4.98 Å². The lowest BCUT2D eigenvalue weighted by Gasteiger charge is -2.27. The average molecular weight is 247 g/mol. The summed E-state index contributed by atoms with van der Waals surface area (Å²) in [4.78, 5) is 6.73. The van der Waals surface area contributed by atoms with Crippen LogP contribution in [0.15, 0.2) is 18.6 Å². The van der Waals surface area contributed by atoms with Crippen LogP contribution in [0.5, 0.6) is 0 Å². The average Bonchev–Trinajstić information content (AvgIpc) is 3.04. The summed E-state index contributed by atoms with van der Waals surface area (Å²) in [5.41, 5.74) is 6.34. The summed E-state index contributed by atoms with van der Waals surface area (Å²) in [6, 6.07) is 0. The molecule has 0 fully saturated rings. The summed E-state index contributed by atoms with van der Waals surface area (Å²) in [6.07, 6.45) is 5.81. The van der Waals surface area contributed by atoms with E-state index in [1.807, 2.05) is 23.3 Å². The third kappa shape index (κ3) is 2.27. The summed E-state index contributed by atoms with van der Waals surface area (Å²) in [6.45, 7) is 5.23. The van der Waals surface area contributed by atoms with Gasteiger partial charge in [-0.2, -0.15) is 0 Å². The van der Waals surface area contributed by atoms with Crippen molar-refractivity contribution in [1.29, 1.82) is 0 Å². The molecule has 96 valence electrons. The molecule has 0 aromatic carbocycles. The monoisotopic (exact) mass is 247 g/mol. The molecule has 0 amide bonds. The van der Waals surface area contributed by atoms with E-state index in [0.717, 1.165) is 44.2 Å². The van der Waals surface area contributed by atoms with Gasteiger partial charge in [0.25, 0.3) is 0 Å². The topological polar surface area (TPSA) is 77.8 Å². The molecule has 0 radical (unpaired) electrons. The Bertz CT molecular complexity index is 515. The van der Waals surface area contributed by atoms with Crippen LogP contribution in [0, 0.1) is 0 Å². The van der Waals surface area contributed by atoms with Crippen LogP contribution in [0.4, 0.5) is 0 Å². The Balaban J connectivity index is 1.55. The van der Waals surface area contributed by atoms with Gasteiger partial charge in [0.2, 0.25) is 0 Å².